The number of para-hydroxylation sites is 1. The lowest BCUT2D eigenvalue weighted by Crippen LogP contribution is -2.25. The molecule has 0 radical (unpaired) electrons. The van der Waals surface area contributed by atoms with Crippen LogP contribution in [-0.4, -0.2) is 29.5 Å². The van der Waals surface area contributed by atoms with Gasteiger partial charge in [0.1, 0.15) is 11.4 Å². The molecule has 0 atom stereocenters. The van der Waals surface area contributed by atoms with Crippen molar-refractivity contribution in [2.24, 2.45) is 0 Å². The number of nitrogens with one attached hydrogen (secondary N) is 2. The van der Waals surface area contributed by atoms with E-state index in [1.54, 1.807) is 19.3 Å². The van der Waals surface area contributed by atoms with Crippen LogP contribution in [0.3, 0.4) is 0 Å². The first-order valence-electron chi connectivity index (χ1n) is 7.24. The van der Waals surface area contributed by atoms with E-state index in [4.69, 9.17) is 4.74 Å². The number of rotatable bonds is 7. The van der Waals surface area contributed by atoms with Crippen LogP contribution in [0, 0.1) is 6.92 Å². The summed E-state index contributed by atoms with van der Waals surface area (Å²) in [5, 5.41) is 5.83. The molecule has 23 heavy (non-hydrogen) atoms. The van der Waals surface area contributed by atoms with Crippen molar-refractivity contribution in [3.05, 3.63) is 59.9 Å². The molecule has 0 fully saturated rings. The van der Waals surface area contributed by atoms with Crippen molar-refractivity contribution in [2.75, 3.05) is 19.0 Å². The maximum Gasteiger partial charge on any atom is 0.270 e. The van der Waals surface area contributed by atoms with Crippen molar-refractivity contribution in [1.29, 1.82) is 0 Å². The van der Waals surface area contributed by atoms with Gasteiger partial charge in [0.25, 0.3) is 5.91 Å². The average Bonchev–Trinajstić information content (AvgIpc) is 2.57. The third-order valence-corrected chi connectivity index (χ3v) is 3.12. The molecule has 2 aromatic rings. The fourth-order valence-electron chi connectivity index (χ4n) is 2.04. The molecule has 0 spiro atoms. The van der Waals surface area contributed by atoms with Gasteiger partial charge in [0.05, 0.1) is 7.11 Å². The first kappa shape index (κ1) is 16.5. The zero-order valence-electron chi connectivity index (χ0n) is 13.3. The Kier molecular flexibility index (Phi) is 5.68. The molecule has 1 aromatic carbocycles. The summed E-state index contributed by atoms with van der Waals surface area (Å²) < 4.78 is 5.27. The lowest BCUT2D eigenvalue weighted by atomic mass is 10.2. The summed E-state index contributed by atoms with van der Waals surface area (Å²) >= 11 is 0. The van der Waals surface area contributed by atoms with E-state index in [9.17, 15) is 4.79 Å². The molecule has 2 N–H and O–H groups in total. The Balaban J connectivity index is 2.08. The van der Waals surface area contributed by atoms with E-state index in [1.165, 1.54) is 0 Å². The number of anilines is 1. The molecule has 1 aromatic heterocycles. The van der Waals surface area contributed by atoms with Crippen LogP contribution in [0.15, 0.2) is 43.0 Å². The summed E-state index contributed by atoms with van der Waals surface area (Å²) in [5.74, 6) is 0.885. The molecule has 0 aliphatic carbocycles. The van der Waals surface area contributed by atoms with Gasteiger partial charge in [-0.15, -0.1) is 6.58 Å². The van der Waals surface area contributed by atoms with Gasteiger partial charge in [-0.05, 0) is 19.1 Å². The van der Waals surface area contributed by atoms with Crippen molar-refractivity contribution in [2.45, 2.75) is 13.5 Å². The van der Waals surface area contributed by atoms with Gasteiger partial charge in [-0.3, -0.25) is 4.79 Å². The molecule has 0 unspecified atom stereocenters. The van der Waals surface area contributed by atoms with E-state index in [0.29, 0.717) is 30.4 Å². The SMILES string of the molecule is C=CCNc1nc(C)cc(C(=O)NCc2ccccc2OC)n1. The molecular weight excluding hydrogens is 292 g/mol. The average molecular weight is 312 g/mol. The van der Waals surface area contributed by atoms with Crippen molar-refractivity contribution >= 4 is 11.9 Å². The summed E-state index contributed by atoms with van der Waals surface area (Å²) in [4.78, 5) is 20.7. The highest BCUT2D eigenvalue weighted by Gasteiger charge is 2.11. The molecule has 0 bridgehead atoms. The third-order valence-electron chi connectivity index (χ3n) is 3.12. The predicted octanol–water partition coefficient (Wildman–Crippen LogP) is 2.32. The van der Waals surface area contributed by atoms with Crippen LogP contribution in [0.5, 0.6) is 5.75 Å². The predicted molar refractivity (Wildman–Crippen MR) is 89.6 cm³/mol. The molecule has 0 saturated heterocycles. The van der Waals surface area contributed by atoms with E-state index >= 15 is 0 Å². The Morgan fingerprint density at radius 2 is 2.13 bits per heavy atom. The van der Waals surface area contributed by atoms with Gasteiger partial charge in [0, 0.05) is 24.3 Å². The minimum Gasteiger partial charge on any atom is -0.496 e. The van der Waals surface area contributed by atoms with Gasteiger partial charge in [-0.2, -0.15) is 0 Å². The maximum atomic E-state index is 12.3. The number of aromatic nitrogens is 2. The van der Waals surface area contributed by atoms with E-state index < -0.39 is 0 Å². The summed E-state index contributed by atoms with van der Waals surface area (Å²) in [7, 11) is 1.60. The minimum atomic E-state index is -0.261. The lowest BCUT2D eigenvalue weighted by molar-refractivity contribution is 0.0945. The van der Waals surface area contributed by atoms with E-state index in [0.717, 1.165) is 11.3 Å². The maximum absolute atomic E-state index is 12.3. The summed E-state index contributed by atoms with van der Waals surface area (Å²) in [6.07, 6.45) is 1.70. The molecule has 2 rings (SSSR count). The van der Waals surface area contributed by atoms with Crippen molar-refractivity contribution in [1.82, 2.24) is 15.3 Å². The standard InChI is InChI=1S/C17H20N4O2/c1-4-9-18-17-20-12(2)10-14(21-17)16(22)19-11-13-7-5-6-8-15(13)23-3/h4-8,10H,1,9,11H2,2-3H3,(H,19,22)(H,18,20,21). The molecule has 120 valence electrons. The van der Waals surface area contributed by atoms with Crippen LogP contribution in [0.25, 0.3) is 0 Å². The molecule has 6 heteroatoms. The highest BCUT2D eigenvalue weighted by molar-refractivity contribution is 5.92. The number of hydrogen-bond donors (Lipinski definition) is 2. The normalized spacial score (nSPS) is 10.0. The Labute approximate surface area is 135 Å². The number of hydrogen-bond acceptors (Lipinski definition) is 5. The highest BCUT2D eigenvalue weighted by Crippen LogP contribution is 2.16. The Morgan fingerprint density at radius 1 is 1.35 bits per heavy atom. The van der Waals surface area contributed by atoms with E-state index in [-0.39, 0.29) is 5.91 Å². The molecule has 0 aliphatic heterocycles. The largest absolute Gasteiger partial charge is 0.496 e. The quantitative estimate of drug-likeness (QED) is 0.767. The van der Waals surface area contributed by atoms with Crippen molar-refractivity contribution in [3.63, 3.8) is 0 Å². The molecule has 1 heterocycles. The van der Waals surface area contributed by atoms with Gasteiger partial charge in [0.15, 0.2) is 0 Å². The summed E-state index contributed by atoms with van der Waals surface area (Å²) in [6.45, 7) is 6.34. The van der Waals surface area contributed by atoms with Gasteiger partial charge in [0.2, 0.25) is 5.95 Å². The second kappa shape index (κ2) is 7.93. The monoisotopic (exact) mass is 312 g/mol. The second-order valence-electron chi connectivity index (χ2n) is 4.88. The van der Waals surface area contributed by atoms with Crippen LogP contribution in [0.1, 0.15) is 21.7 Å². The molecule has 0 aliphatic rings. The van der Waals surface area contributed by atoms with Crippen LogP contribution in [0.2, 0.25) is 0 Å². The van der Waals surface area contributed by atoms with Gasteiger partial charge in [-0.25, -0.2) is 9.97 Å². The fraction of sp³-hybridized carbons (Fsp3) is 0.235. The van der Waals surface area contributed by atoms with E-state index in [2.05, 4.69) is 27.2 Å². The Hall–Kier alpha value is -2.89. The number of methoxy groups -OCH3 is 1. The first-order valence-corrected chi connectivity index (χ1v) is 7.24. The highest BCUT2D eigenvalue weighted by atomic mass is 16.5. The topological polar surface area (TPSA) is 76.1 Å². The van der Waals surface area contributed by atoms with Crippen LogP contribution < -0.4 is 15.4 Å². The van der Waals surface area contributed by atoms with Crippen molar-refractivity contribution in [3.8, 4) is 5.75 Å². The molecule has 6 nitrogen and oxygen atoms in total. The third kappa shape index (κ3) is 4.54. The van der Waals surface area contributed by atoms with Gasteiger partial charge < -0.3 is 15.4 Å². The molecular formula is C17H20N4O2. The zero-order chi connectivity index (χ0) is 16.7. The number of aryl methyl sites for hydroxylation is 1. The number of ether oxygens (including phenoxy) is 1. The number of benzene rings is 1. The summed E-state index contributed by atoms with van der Waals surface area (Å²) in [6, 6.07) is 9.19. The first-order chi connectivity index (χ1) is 11.1. The minimum absolute atomic E-state index is 0.261. The Morgan fingerprint density at radius 3 is 2.87 bits per heavy atom. The number of nitrogens with zero attached hydrogens (tertiary/aromatic N) is 2. The van der Waals surface area contributed by atoms with Gasteiger partial charge >= 0.3 is 0 Å². The smallest absolute Gasteiger partial charge is 0.270 e. The molecule has 0 saturated carbocycles. The van der Waals surface area contributed by atoms with Crippen LogP contribution in [-0.2, 0) is 6.54 Å². The van der Waals surface area contributed by atoms with Crippen LogP contribution in [0.4, 0.5) is 5.95 Å². The second-order valence-corrected chi connectivity index (χ2v) is 4.88. The van der Waals surface area contributed by atoms with Gasteiger partial charge in [-0.1, -0.05) is 24.3 Å². The molecule has 1 amide bonds. The van der Waals surface area contributed by atoms with E-state index in [1.807, 2.05) is 31.2 Å². The number of amides is 1. The lowest BCUT2D eigenvalue weighted by Gasteiger charge is -2.10. The fourth-order valence-corrected chi connectivity index (χ4v) is 2.04. The summed E-state index contributed by atoms with van der Waals surface area (Å²) in [5.41, 5.74) is 1.94. The number of carbonyl (C=O) groups is 1. The van der Waals surface area contributed by atoms with Crippen molar-refractivity contribution < 1.29 is 9.53 Å². The zero-order valence-corrected chi connectivity index (χ0v) is 13.3. The Bertz CT molecular complexity index is 701. The van der Waals surface area contributed by atoms with Crippen LogP contribution >= 0.6 is 0 Å². The number of carbonyl (C=O) groups excluding carboxylic acids is 1.